The van der Waals surface area contributed by atoms with Gasteiger partial charge in [-0.25, -0.2) is 16.7 Å². The monoisotopic (exact) mass is 1090 g/mol. The Morgan fingerprint density at radius 1 is 0.300 bits per heavy atom. The van der Waals surface area contributed by atoms with Gasteiger partial charge in [0.05, 0.1) is 30.3 Å². The highest BCUT2D eigenvalue weighted by Gasteiger charge is 2.21. The molecule has 0 bridgehead atoms. The standard InChI is InChI=1S/C48H96O18S4/c1-3-5-7-25-35-44(63-67(51,52)53)37-27-17-11-9-13-19-29-39-46(65-69(57,58)59)41-31-21-15-16-23-33-43(48(49)50)34-24-22-32-42-47(66-70(60,61)62)40-30-20-14-10-12-18-28-38-45(64-68(54,55)56)36-26-8-6-4-2/h43-47H,3-42H2,1-2H3,(H,49,50)(H,51,52,53)(H,54,55,56)(H,57,58,59)(H,60,61,62)/t43-,44-,45-,46-,47+/m1/s1. The molecule has 0 saturated carbocycles. The first-order chi connectivity index (χ1) is 33.0. The second kappa shape index (κ2) is 42.2. The van der Waals surface area contributed by atoms with Crippen molar-refractivity contribution in [1.82, 2.24) is 0 Å². The molecule has 5 N–H and O–H groups in total. The van der Waals surface area contributed by atoms with Crippen LogP contribution in [-0.4, -0.2) is 87.4 Å². The molecular formula is C48H96O18S4. The van der Waals surface area contributed by atoms with Crippen molar-refractivity contribution in [2.75, 3.05) is 0 Å². The third-order valence-corrected chi connectivity index (χ3v) is 15.0. The van der Waals surface area contributed by atoms with Crippen LogP contribution in [0.15, 0.2) is 0 Å². The maximum atomic E-state index is 12.0. The number of carboxylic acids is 1. The number of hydrogen-bond donors (Lipinski definition) is 5. The van der Waals surface area contributed by atoms with E-state index in [-0.39, 0.29) is 0 Å². The molecule has 0 aromatic rings. The molecule has 0 amide bonds. The van der Waals surface area contributed by atoms with E-state index in [2.05, 4.69) is 13.8 Å². The second-order valence-corrected chi connectivity index (χ2v) is 23.6. The van der Waals surface area contributed by atoms with Crippen LogP contribution >= 0.6 is 0 Å². The smallest absolute Gasteiger partial charge is 0.397 e. The van der Waals surface area contributed by atoms with E-state index in [0.717, 1.165) is 167 Å². The minimum absolute atomic E-state index is 0.419. The Morgan fingerprint density at radius 2 is 0.457 bits per heavy atom. The van der Waals surface area contributed by atoms with Crippen molar-refractivity contribution in [1.29, 1.82) is 0 Å². The van der Waals surface area contributed by atoms with Gasteiger partial charge in [-0.15, -0.1) is 0 Å². The Labute approximate surface area is 425 Å². The molecule has 22 heteroatoms. The van der Waals surface area contributed by atoms with Crippen LogP contribution in [-0.2, 0) is 63.1 Å². The Hall–Kier alpha value is -1.05. The first-order valence-electron chi connectivity index (χ1n) is 26.9. The predicted octanol–water partition coefficient (Wildman–Crippen LogP) is 13.1. The van der Waals surface area contributed by atoms with Gasteiger partial charge in [-0.1, -0.05) is 206 Å². The van der Waals surface area contributed by atoms with Crippen LogP contribution in [0.25, 0.3) is 0 Å². The summed E-state index contributed by atoms with van der Waals surface area (Å²) in [5, 5.41) is 9.82. The third-order valence-electron chi connectivity index (χ3n) is 12.9. The molecule has 0 radical (unpaired) electrons. The molecule has 0 rings (SSSR count). The minimum atomic E-state index is -4.62. The highest BCUT2D eigenvalue weighted by atomic mass is 32.3. The van der Waals surface area contributed by atoms with E-state index < -0.39 is 77.9 Å². The average Bonchev–Trinajstić information content (AvgIpc) is 3.24. The van der Waals surface area contributed by atoms with Gasteiger partial charge < -0.3 is 5.11 Å². The molecule has 5 atom stereocenters. The molecular weight excluding hydrogens is 993 g/mol. The molecule has 0 aromatic heterocycles. The number of carbonyl (C=O) groups is 1. The molecule has 70 heavy (non-hydrogen) atoms. The van der Waals surface area contributed by atoms with E-state index in [9.17, 15) is 52.7 Å². The fraction of sp³-hybridized carbons (Fsp3) is 0.979. The second-order valence-electron chi connectivity index (χ2n) is 19.4. The van der Waals surface area contributed by atoms with Crippen molar-refractivity contribution in [3.05, 3.63) is 0 Å². The van der Waals surface area contributed by atoms with Crippen molar-refractivity contribution >= 4 is 47.6 Å². The molecule has 0 spiro atoms. The summed E-state index contributed by atoms with van der Waals surface area (Å²) in [7, 11) is -18.2. The summed E-state index contributed by atoms with van der Waals surface area (Å²) in [5.74, 6) is -1.35. The maximum absolute atomic E-state index is 12.0. The van der Waals surface area contributed by atoms with Crippen LogP contribution in [0.4, 0.5) is 0 Å². The zero-order valence-electron chi connectivity index (χ0n) is 42.8. The van der Waals surface area contributed by atoms with Crippen molar-refractivity contribution in [2.45, 2.75) is 295 Å². The summed E-state index contributed by atoms with van der Waals surface area (Å²) in [6.07, 6.45) is 29.0. The summed E-state index contributed by atoms with van der Waals surface area (Å²) in [6, 6.07) is 0. The SMILES string of the molecule is CCCCCC[C@H](CCCCCCCCC[C@H](CCCCCCC[C@H](CCCCC[C@H](CCCCCCCCC[C@@H](CCCCCC)OS(=O)(=O)O)OS(=O)(=O)O)C(=O)O)OS(=O)(=O)O)OS(=O)(=O)O. The van der Waals surface area contributed by atoms with Crippen LogP contribution in [0.1, 0.15) is 271 Å². The summed E-state index contributed by atoms with van der Waals surface area (Å²) in [4.78, 5) is 12.0. The molecule has 0 fully saturated rings. The Bertz CT molecular complexity index is 1710. The zero-order chi connectivity index (χ0) is 52.6. The first kappa shape index (κ1) is 69.0. The highest BCUT2D eigenvalue weighted by Crippen LogP contribution is 2.24. The molecule has 0 aliphatic heterocycles. The Kier molecular flexibility index (Phi) is 41.6. The van der Waals surface area contributed by atoms with Gasteiger partial charge in [-0.05, 0) is 64.2 Å². The summed E-state index contributed by atoms with van der Waals surface area (Å²) in [6.45, 7) is 4.19. The van der Waals surface area contributed by atoms with Crippen LogP contribution in [0.3, 0.4) is 0 Å². The topological polar surface area (TPSA) is 292 Å². The quantitative estimate of drug-likeness (QED) is 0.0279. The summed E-state index contributed by atoms with van der Waals surface area (Å²) >= 11 is 0. The molecule has 0 unspecified atom stereocenters. The molecule has 0 aromatic carbocycles. The minimum Gasteiger partial charge on any atom is -0.481 e. The molecule has 0 saturated heterocycles. The van der Waals surface area contributed by atoms with Crippen molar-refractivity contribution < 1.29 is 78.5 Å². The zero-order valence-corrected chi connectivity index (χ0v) is 46.1. The van der Waals surface area contributed by atoms with Crippen LogP contribution in [0.2, 0.25) is 0 Å². The molecule has 0 aliphatic rings. The van der Waals surface area contributed by atoms with Crippen molar-refractivity contribution in [3.8, 4) is 0 Å². The van der Waals surface area contributed by atoms with Gasteiger partial charge in [0.1, 0.15) is 0 Å². The predicted molar refractivity (Wildman–Crippen MR) is 273 cm³/mol. The lowest BCUT2D eigenvalue weighted by molar-refractivity contribution is -0.142. The lowest BCUT2D eigenvalue weighted by Crippen LogP contribution is -2.18. The van der Waals surface area contributed by atoms with Gasteiger partial charge in [-0.3, -0.25) is 23.0 Å². The van der Waals surface area contributed by atoms with Gasteiger partial charge in [0.15, 0.2) is 0 Å². The Morgan fingerprint density at radius 3 is 0.629 bits per heavy atom. The van der Waals surface area contributed by atoms with Gasteiger partial charge in [0.2, 0.25) is 0 Å². The third kappa shape index (κ3) is 49.2. The Balaban J connectivity index is 4.38. The van der Waals surface area contributed by atoms with Gasteiger partial charge >= 0.3 is 47.6 Å². The van der Waals surface area contributed by atoms with E-state index in [1.54, 1.807) is 0 Å². The van der Waals surface area contributed by atoms with Crippen LogP contribution in [0.5, 0.6) is 0 Å². The van der Waals surface area contributed by atoms with Crippen molar-refractivity contribution in [2.24, 2.45) is 5.92 Å². The maximum Gasteiger partial charge on any atom is 0.397 e. The van der Waals surface area contributed by atoms with E-state index in [4.69, 9.17) is 25.8 Å². The lowest BCUT2D eigenvalue weighted by atomic mass is 9.94. The fourth-order valence-corrected chi connectivity index (χ4v) is 11.3. The summed E-state index contributed by atoms with van der Waals surface area (Å²) in [5.41, 5.74) is 0. The van der Waals surface area contributed by atoms with Crippen LogP contribution < -0.4 is 0 Å². The molecule has 420 valence electrons. The van der Waals surface area contributed by atoms with Gasteiger partial charge in [0, 0.05) is 0 Å². The number of aliphatic carboxylic acids is 1. The highest BCUT2D eigenvalue weighted by molar-refractivity contribution is 7.81. The van der Waals surface area contributed by atoms with E-state index in [1.165, 1.54) is 0 Å². The number of carboxylic acid groups (broad SMARTS) is 1. The normalized spacial score (nSPS) is 14.9. The van der Waals surface area contributed by atoms with E-state index >= 15 is 0 Å². The average molecular weight is 1090 g/mol. The van der Waals surface area contributed by atoms with Crippen LogP contribution in [0, 0.1) is 5.92 Å². The summed E-state index contributed by atoms with van der Waals surface area (Å²) < 4.78 is 148. The van der Waals surface area contributed by atoms with Crippen molar-refractivity contribution in [3.63, 3.8) is 0 Å². The molecule has 18 nitrogen and oxygen atoms in total. The fourth-order valence-electron chi connectivity index (χ4n) is 9.13. The number of unbranched alkanes of at least 4 members (excludes halogenated alkanes) is 24. The first-order valence-corrected chi connectivity index (χ1v) is 32.3. The molecule has 0 heterocycles. The lowest BCUT2D eigenvalue weighted by Gasteiger charge is -2.16. The molecule has 0 aliphatic carbocycles. The van der Waals surface area contributed by atoms with E-state index in [0.29, 0.717) is 89.9 Å². The van der Waals surface area contributed by atoms with Gasteiger partial charge in [-0.2, -0.15) is 33.7 Å². The van der Waals surface area contributed by atoms with Gasteiger partial charge in [0.25, 0.3) is 0 Å². The largest absolute Gasteiger partial charge is 0.481 e. The van der Waals surface area contributed by atoms with E-state index in [1.807, 2.05) is 0 Å². The number of hydrogen-bond acceptors (Lipinski definition) is 13. The number of rotatable bonds is 53.